The average molecular weight is 324 g/mol. The Kier molecular flexibility index (Phi) is 4.10. The number of hydrogen-bond acceptors (Lipinski definition) is 5. The number of fused-ring (bicyclic) bond motifs is 1. The maximum Gasteiger partial charge on any atom is 0.182 e. The van der Waals surface area contributed by atoms with Gasteiger partial charge in [0.25, 0.3) is 0 Å². The summed E-state index contributed by atoms with van der Waals surface area (Å²) in [6.45, 7) is 3.83. The lowest BCUT2D eigenvalue weighted by Gasteiger charge is -2.16. The van der Waals surface area contributed by atoms with Crippen LogP contribution in [0.5, 0.6) is 0 Å². The number of ether oxygens (including phenoxy) is 1. The molecule has 3 heterocycles. The Hall–Kier alpha value is -2.51. The van der Waals surface area contributed by atoms with E-state index in [0.29, 0.717) is 13.2 Å². The number of aromatic nitrogens is 5. The molecule has 0 amide bonds. The summed E-state index contributed by atoms with van der Waals surface area (Å²) in [4.78, 5) is 0. The highest BCUT2D eigenvalue weighted by atomic mass is 16.5. The molecular weight excluding hydrogens is 304 g/mol. The molecule has 0 atom stereocenters. The largest absolute Gasteiger partial charge is 0.383 e. The van der Waals surface area contributed by atoms with Crippen LogP contribution in [-0.4, -0.2) is 44.8 Å². The van der Waals surface area contributed by atoms with Crippen molar-refractivity contribution in [3.8, 4) is 22.8 Å². The number of nitrogens with one attached hydrogen (secondary N) is 1. The molecule has 7 heteroatoms. The topological polar surface area (TPSA) is 69.8 Å². The third-order valence-electron chi connectivity index (χ3n) is 4.21. The van der Waals surface area contributed by atoms with Gasteiger partial charge in [-0.05, 0) is 6.07 Å². The zero-order chi connectivity index (χ0) is 16.4. The highest BCUT2D eigenvalue weighted by Crippen LogP contribution is 2.26. The maximum atomic E-state index is 5.23. The van der Waals surface area contributed by atoms with Crippen molar-refractivity contribution in [2.75, 3.05) is 20.3 Å². The number of methoxy groups -OCH3 is 1. The fourth-order valence-electron chi connectivity index (χ4n) is 2.98. The van der Waals surface area contributed by atoms with Crippen LogP contribution in [0.1, 0.15) is 5.82 Å². The second-order valence-corrected chi connectivity index (χ2v) is 5.77. The van der Waals surface area contributed by atoms with Gasteiger partial charge in [-0.15, -0.1) is 10.2 Å². The fourth-order valence-corrected chi connectivity index (χ4v) is 2.98. The second-order valence-electron chi connectivity index (χ2n) is 5.77. The van der Waals surface area contributed by atoms with Gasteiger partial charge in [0.2, 0.25) is 0 Å². The molecule has 0 radical (unpaired) electrons. The Balaban J connectivity index is 1.78. The van der Waals surface area contributed by atoms with Crippen molar-refractivity contribution in [1.82, 2.24) is 29.9 Å². The third-order valence-corrected chi connectivity index (χ3v) is 4.21. The number of nitrogens with zero attached hydrogens (tertiary/aromatic N) is 5. The molecule has 1 aromatic carbocycles. The minimum absolute atomic E-state index is 0.603. The van der Waals surface area contributed by atoms with Gasteiger partial charge in [-0.3, -0.25) is 4.68 Å². The van der Waals surface area contributed by atoms with Gasteiger partial charge in [0.15, 0.2) is 5.82 Å². The first kappa shape index (κ1) is 15.0. The Morgan fingerprint density at radius 3 is 2.92 bits per heavy atom. The Labute approximate surface area is 140 Å². The summed E-state index contributed by atoms with van der Waals surface area (Å²) in [6.07, 6.45) is 0. The van der Waals surface area contributed by atoms with Gasteiger partial charge in [-0.25, -0.2) is 0 Å². The number of benzene rings is 1. The summed E-state index contributed by atoms with van der Waals surface area (Å²) in [5.74, 6) is 1.84. The van der Waals surface area contributed by atoms with Gasteiger partial charge in [0.05, 0.1) is 25.4 Å². The monoisotopic (exact) mass is 324 g/mol. The van der Waals surface area contributed by atoms with Crippen LogP contribution >= 0.6 is 0 Å². The lowest BCUT2D eigenvalue weighted by Crippen LogP contribution is -2.28. The molecule has 4 rings (SSSR count). The molecule has 7 nitrogen and oxygen atoms in total. The van der Waals surface area contributed by atoms with Crippen molar-refractivity contribution in [3.63, 3.8) is 0 Å². The lowest BCUT2D eigenvalue weighted by atomic mass is 10.1. The van der Waals surface area contributed by atoms with Crippen molar-refractivity contribution in [2.45, 2.75) is 19.6 Å². The van der Waals surface area contributed by atoms with Crippen molar-refractivity contribution in [2.24, 2.45) is 0 Å². The van der Waals surface area contributed by atoms with E-state index in [-0.39, 0.29) is 0 Å². The molecule has 0 aliphatic carbocycles. The lowest BCUT2D eigenvalue weighted by molar-refractivity contribution is 0.184. The molecule has 1 N–H and O–H groups in total. The van der Waals surface area contributed by atoms with Crippen LogP contribution in [0.25, 0.3) is 22.8 Å². The van der Waals surface area contributed by atoms with Gasteiger partial charge in [0, 0.05) is 25.8 Å². The molecular formula is C17H20N6O. The van der Waals surface area contributed by atoms with Crippen LogP contribution in [0.4, 0.5) is 0 Å². The van der Waals surface area contributed by atoms with E-state index in [0.717, 1.165) is 48.2 Å². The smallest absolute Gasteiger partial charge is 0.182 e. The molecule has 3 aromatic rings. The molecule has 24 heavy (non-hydrogen) atoms. The molecule has 1 aliphatic rings. The highest BCUT2D eigenvalue weighted by Gasteiger charge is 2.21. The van der Waals surface area contributed by atoms with Crippen LogP contribution in [0, 0.1) is 0 Å². The van der Waals surface area contributed by atoms with Crippen LogP contribution < -0.4 is 5.32 Å². The quantitative estimate of drug-likeness (QED) is 0.771. The third kappa shape index (κ3) is 2.72. The van der Waals surface area contributed by atoms with Gasteiger partial charge in [0.1, 0.15) is 11.5 Å². The zero-order valence-corrected chi connectivity index (χ0v) is 13.6. The molecule has 124 valence electrons. The minimum Gasteiger partial charge on any atom is -0.383 e. The van der Waals surface area contributed by atoms with Gasteiger partial charge in [-0.1, -0.05) is 30.3 Å². The molecule has 0 fully saturated rings. The second kappa shape index (κ2) is 6.54. The van der Waals surface area contributed by atoms with E-state index in [4.69, 9.17) is 9.84 Å². The average Bonchev–Trinajstić information content (AvgIpc) is 3.24. The predicted octanol–water partition coefficient (Wildman–Crippen LogP) is 1.56. The van der Waals surface area contributed by atoms with Crippen LogP contribution in [0.15, 0.2) is 36.4 Å². The van der Waals surface area contributed by atoms with Crippen molar-refractivity contribution in [1.29, 1.82) is 0 Å². The molecule has 0 saturated carbocycles. The molecule has 2 aromatic heterocycles. The number of rotatable bonds is 5. The van der Waals surface area contributed by atoms with E-state index >= 15 is 0 Å². The first-order chi connectivity index (χ1) is 11.9. The Morgan fingerprint density at radius 1 is 1.21 bits per heavy atom. The van der Waals surface area contributed by atoms with Gasteiger partial charge < -0.3 is 14.6 Å². The summed E-state index contributed by atoms with van der Waals surface area (Å²) < 4.78 is 9.37. The van der Waals surface area contributed by atoms with Crippen molar-refractivity contribution >= 4 is 0 Å². The van der Waals surface area contributed by atoms with E-state index in [1.54, 1.807) is 7.11 Å². The van der Waals surface area contributed by atoms with Gasteiger partial charge >= 0.3 is 0 Å². The van der Waals surface area contributed by atoms with Crippen molar-refractivity contribution in [3.05, 3.63) is 42.2 Å². The normalized spacial score (nSPS) is 13.9. The molecule has 0 bridgehead atoms. The summed E-state index contributed by atoms with van der Waals surface area (Å²) in [6, 6.07) is 12.3. The zero-order valence-electron chi connectivity index (χ0n) is 13.6. The first-order valence-electron chi connectivity index (χ1n) is 8.12. The fraction of sp³-hybridized carbons (Fsp3) is 0.353. The Morgan fingerprint density at radius 2 is 2.08 bits per heavy atom. The van der Waals surface area contributed by atoms with Crippen molar-refractivity contribution < 1.29 is 4.74 Å². The van der Waals surface area contributed by atoms with E-state index in [1.165, 1.54) is 0 Å². The maximum absolute atomic E-state index is 5.23. The van der Waals surface area contributed by atoms with Crippen LogP contribution in [-0.2, 0) is 24.4 Å². The van der Waals surface area contributed by atoms with E-state index in [9.17, 15) is 0 Å². The Bertz CT molecular complexity index is 823. The molecule has 1 aliphatic heterocycles. The van der Waals surface area contributed by atoms with Crippen LogP contribution in [0.2, 0.25) is 0 Å². The number of hydrogen-bond donors (Lipinski definition) is 1. The SMILES string of the molecule is COCCn1nc(-c2ccccc2)cc1-c1nnc2n1CCNC2. The molecule has 0 unspecified atom stereocenters. The van der Waals surface area contributed by atoms with Gasteiger partial charge in [-0.2, -0.15) is 5.10 Å². The van der Waals surface area contributed by atoms with E-state index < -0.39 is 0 Å². The summed E-state index contributed by atoms with van der Waals surface area (Å²) in [5.41, 5.74) is 3.01. The molecule has 0 spiro atoms. The first-order valence-corrected chi connectivity index (χ1v) is 8.12. The van der Waals surface area contributed by atoms with Crippen LogP contribution in [0.3, 0.4) is 0 Å². The van der Waals surface area contributed by atoms with E-state index in [2.05, 4.69) is 38.3 Å². The van der Waals surface area contributed by atoms with E-state index in [1.807, 2.05) is 22.9 Å². The predicted molar refractivity (Wildman–Crippen MR) is 90.3 cm³/mol. The standard InChI is InChI=1S/C17H20N6O/c1-24-10-9-23-15(11-14(21-23)13-5-3-2-4-6-13)17-20-19-16-12-18-7-8-22(16)17/h2-6,11,18H,7-10,12H2,1H3. The summed E-state index contributed by atoms with van der Waals surface area (Å²) in [7, 11) is 1.70. The summed E-state index contributed by atoms with van der Waals surface area (Å²) >= 11 is 0. The highest BCUT2D eigenvalue weighted by molar-refractivity contribution is 5.65. The summed E-state index contributed by atoms with van der Waals surface area (Å²) in [5, 5.41) is 16.8. The molecule has 0 saturated heterocycles. The minimum atomic E-state index is 0.603.